The van der Waals surface area contributed by atoms with Crippen LogP contribution in [0.3, 0.4) is 0 Å². The van der Waals surface area contributed by atoms with E-state index < -0.39 is 10.0 Å². The number of nitriles is 1. The Bertz CT molecular complexity index is 559. The van der Waals surface area contributed by atoms with Crippen molar-refractivity contribution in [3.63, 3.8) is 0 Å². The minimum Gasteiger partial charge on any atom is -0.215 e. The highest BCUT2D eigenvalue weighted by Gasteiger charge is 2.16. The van der Waals surface area contributed by atoms with E-state index in [-0.39, 0.29) is 11.7 Å². The first-order chi connectivity index (χ1) is 8.85. The lowest BCUT2D eigenvalue weighted by Gasteiger charge is -2.16. The van der Waals surface area contributed by atoms with Gasteiger partial charge in [0.05, 0.1) is 17.4 Å². The average molecular weight is 280 g/mol. The molecule has 0 spiro atoms. The summed E-state index contributed by atoms with van der Waals surface area (Å²) < 4.78 is 26.6. The van der Waals surface area contributed by atoms with Gasteiger partial charge in [0.15, 0.2) is 0 Å². The summed E-state index contributed by atoms with van der Waals surface area (Å²) in [5.74, 6) is 0.553. The SMILES string of the molecule is CC(C)C(C)CNS(=O)(=O)Cc1ccccc1C#N. The summed E-state index contributed by atoms with van der Waals surface area (Å²) in [5, 5.41) is 8.94. The van der Waals surface area contributed by atoms with Gasteiger partial charge in [-0.05, 0) is 23.5 Å². The molecule has 104 valence electrons. The quantitative estimate of drug-likeness (QED) is 0.869. The fourth-order valence-electron chi connectivity index (χ4n) is 1.51. The summed E-state index contributed by atoms with van der Waals surface area (Å²) in [6.45, 7) is 6.55. The summed E-state index contributed by atoms with van der Waals surface area (Å²) in [6.07, 6.45) is 0. The molecule has 4 nitrogen and oxygen atoms in total. The fraction of sp³-hybridized carbons (Fsp3) is 0.500. The molecule has 1 atom stereocenters. The normalized spacial score (nSPS) is 13.2. The largest absolute Gasteiger partial charge is 0.215 e. The number of nitrogens with zero attached hydrogens (tertiary/aromatic N) is 1. The monoisotopic (exact) mass is 280 g/mol. The van der Waals surface area contributed by atoms with Gasteiger partial charge < -0.3 is 0 Å². The van der Waals surface area contributed by atoms with Crippen molar-refractivity contribution in [3.8, 4) is 6.07 Å². The third-order valence-electron chi connectivity index (χ3n) is 3.25. The first-order valence-electron chi connectivity index (χ1n) is 6.31. The molecule has 0 aromatic heterocycles. The maximum atomic E-state index is 12.0. The zero-order valence-electron chi connectivity index (χ0n) is 11.6. The molecule has 1 rings (SSSR count). The summed E-state index contributed by atoms with van der Waals surface area (Å²) in [6, 6.07) is 8.77. The second kappa shape index (κ2) is 6.69. The molecule has 0 aliphatic carbocycles. The van der Waals surface area contributed by atoms with E-state index in [0.717, 1.165) is 0 Å². The van der Waals surface area contributed by atoms with Gasteiger partial charge >= 0.3 is 0 Å². The predicted molar refractivity (Wildman–Crippen MR) is 75.8 cm³/mol. The molecule has 1 N–H and O–H groups in total. The molecule has 0 saturated carbocycles. The van der Waals surface area contributed by atoms with Crippen LogP contribution in [-0.2, 0) is 15.8 Å². The van der Waals surface area contributed by atoms with Crippen molar-refractivity contribution in [1.82, 2.24) is 4.72 Å². The van der Waals surface area contributed by atoms with Crippen LogP contribution in [0.1, 0.15) is 31.9 Å². The molecule has 0 saturated heterocycles. The molecular weight excluding hydrogens is 260 g/mol. The van der Waals surface area contributed by atoms with Crippen molar-refractivity contribution in [3.05, 3.63) is 35.4 Å². The molecule has 0 aliphatic rings. The number of benzene rings is 1. The van der Waals surface area contributed by atoms with Crippen molar-refractivity contribution in [1.29, 1.82) is 5.26 Å². The van der Waals surface area contributed by atoms with E-state index in [0.29, 0.717) is 23.6 Å². The van der Waals surface area contributed by atoms with Gasteiger partial charge in [-0.25, -0.2) is 13.1 Å². The third kappa shape index (κ3) is 5.01. The molecule has 0 bridgehead atoms. The Balaban J connectivity index is 2.73. The van der Waals surface area contributed by atoms with Crippen molar-refractivity contribution < 1.29 is 8.42 Å². The van der Waals surface area contributed by atoms with E-state index in [4.69, 9.17) is 5.26 Å². The van der Waals surface area contributed by atoms with Crippen LogP contribution < -0.4 is 4.72 Å². The topological polar surface area (TPSA) is 70.0 Å². The second-order valence-electron chi connectivity index (χ2n) is 5.10. The molecule has 0 amide bonds. The number of hydrogen-bond donors (Lipinski definition) is 1. The lowest BCUT2D eigenvalue weighted by molar-refractivity contribution is 0.414. The van der Waals surface area contributed by atoms with Gasteiger partial charge in [0.25, 0.3) is 0 Å². The lowest BCUT2D eigenvalue weighted by Crippen LogP contribution is -2.31. The minimum atomic E-state index is -3.40. The molecule has 0 fully saturated rings. The molecular formula is C14H20N2O2S. The van der Waals surface area contributed by atoms with E-state index in [2.05, 4.69) is 18.6 Å². The Hall–Kier alpha value is -1.38. The lowest BCUT2D eigenvalue weighted by atomic mass is 9.99. The van der Waals surface area contributed by atoms with Crippen molar-refractivity contribution in [2.75, 3.05) is 6.54 Å². The molecule has 1 aromatic rings. The highest BCUT2D eigenvalue weighted by atomic mass is 32.2. The Morgan fingerprint density at radius 1 is 1.26 bits per heavy atom. The maximum Gasteiger partial charge on any atom is 0.215 e. The van der Waals surface area contributed by atoms with Crippen molar-refractivity contribution in [2.45, 2.75) is 26.5 Å². The Morgan fingerprint density at radius 3 is 2.47 bits per heavy atom. The molecule has 1 unspecified atom stereocenters. The molecule has 0 radical (unpaired) electrons. The van der Waals surface area contributed by atoms with E-state index in [9.17, 15) is 8.42 Å². The first kappa shape index (κ1) is 15.7. The summed E-state index contributed by atoms with van der Waals surface area (Å²) >= 11 is 0. The van der Waals surface area contributed by atoms with Crippen LogP contribution in [-0.4, -0.2) is 15.0 Å². The Labute approximate surface area is 115 Å². The summed E-state index contributed by atoms with van der Waals surface area (Å²) in [5.41, 5.74) is 0.944. The van der Waals surface area contributed by atoms with Crippen molar-refractivity contribution >= 4 is 10.0 Å². The van der Waals surface area contributed by atoms with Gasteiger partial charge in [0, 0.05) is 6.54 Å². The third-order valence-corrected chi connectivity index (χ3v) is 4.54. The number of nitrogens with one attached hydrogen (secondary N) is 1. The predicted octanol–water partition coefficient (Wildman–Crippen LogP) is 2.27. The molecule has 0 heterocycles. The van der Waals surface area contributed by atoms with E-state index in [1.165, 1.54) is 0 Å². The van der Waals surface area contributed by atoms with Crippen LogP contribution in [0, 0.1) is 23.2 Å². The van der Waals surface area contributed by atoms with Gasteiger partial charge in [-0.15, -0.1) is 0 Å². The molecule has 5 heteroatoms. The summed E-state index contributed by atoms with van der Waals surface area (Å²) in [4.78, 5) is 0. The van der Waals surface area contributed by atoms with E-state index in [1.807, 2.05) is 13.0 Å². The van der Waals surface area contributed by atoms with Gasteiger partial charge in [0.1, 0.15) is 0 Å². The van der Waals surface area contributed by atoms with Crippen LogP contribution in [0.5, 0.6) is 0 Å². The number of hydrogen-bond acceptors (Lipinski definition) is 3. The van der Waals surface area contributed by atoms with Gasteiger partial charge in [-0.1, -0.05) is 39.0 Å². The highest BCUT2D eigenvalue weighted by molar-refractivity contribution is 7.88. The smallest absolute Gasteiger partial charge is 0.215 e. The van der Waals surface area contributed by atoms with Crippen molar-refractivity contribution in [2.24, 2.45) is 11.8 Å². The van der Waals surface area contributed by atoms with E-state index >= 15 is 0 Å². The van der Waals surface area contributed by atoms with Crippen LogP contribution >= 0.6 is 0 Å². The zero-order chi connectivity index (χ0) is 14.5. The molecule has 0 aliphatic heterocycles. The highest BCUT2D eigenvalue weighted by Crippen LogP contribution is 2.12. The zero-order valence-corrected chi connectivity index (χ0v) is 12.4. The van der Waals surface area contributed by atoms with Crippen LogP contribution in [0.15, 0.2) is 24.3 Å². The standard InChI is InChI=1S/C14H20N2O2S/c1-11(2)12(3)9-16-19(17,18)10-14-7-5-4-6-13(14)8-15/h4-7,11-12,16H,9-10H2,1-3H3. The molecule has 19 heavy (non-hydrogen) atoms. The first-order valence-corrected chi connectivity index (χ1v) is 7.96. The number of sulfonamides is 1. The van der Waals surface area contributed by atoms with Gasteiger partial charge in [-0.3, -0.25) is 0 Å². The minimum absolute atomic E-state index is 0.151. The van der Waals surface area contributed by atoms with E-state index in [1.54, 1.807) is 24.3 Å². The fourth-order valence-corrected chi connectivity index (χ4v) is 2.79. The van der Waals surface area contributed by atoms with Crippen LogP contribution in [0.2, 0.25) is 0 Å². The second-order valence-corrected chi connectivity index (χ2v) is 6.90. The number of rotatable bonds is 6. The Morgan fingerprint density at radius 2 is 1.89 bits per heavy atom. The van der Waals surface area contributed by atoms with Crippen LogP contribution in [0.4, 0.5) is 0 Å². The average Bonchev–Trinajstić information content (AvgIpc) is 2.36. The summed E-state index contributed by atoms with van der Waals surface area (Å²) in [7, 11) is -3.40. The Kier molecular flexibility index (Phi) is 5.52. The molecule has 1 aromatic carbocycles. The van der Waals surface area contributed by atoms with Gasteiger partial charge in [0.2, 0.25) is 10.0 Å². The maximum absolute atomic E-state index is 12.0. The van der Waals surface area contributed by atoms with Crippen LogP contribution in [0.25, 0.3) is 0 Å². The van der Waals surface area contributed by atoms with Gasteiger partial charge in [-0.2, -0.15) is 5.26 Å².